The number of carbonyl (C=O) groups excluding carboxylic acids is 1. The number of nitrogens with one attached hydrogen (secondary N) is 1. The van der Waals surface area contributed by atoms with Crippen LogP contribution >= 0.6 is 0 Å². The van der Waals surface area contributed by atoms with Crippen LogP contribution in [0.2, 0.25) is 0 Å². The summed E-state index contributed by atoms with van der Waals surface area (Å²) in [6, 6.07) is 0.629. The average molecular weight is 199 g/mol. The molecule has 1 N–H and O–H groups in total. The lowest BCUT2D eigenvalue weighted by Gasteiger charge is -2.21. The van der Waals surface area contributed by atoms with Crippen LogP contribution in [0.15, 0.2) is 0 Å². The van der Waals surface area contributed by atoms with E-state index in [1.165, 1.54) is 20.0 Å². The van der Waals surface area contributed by atoms with Crippen molar-refractivity contribution in [3.05, 3.63) is 0 Å². The van der Waals surface area contributed by atoms with Crippen LogP contribution in [-0.2, 0) is 9.53 Å². The molecular weight excluding hydrogens is 178 g/mol. The van der Waals surface area contributed by atoms with Crippen LogP contribution in [-0.4, -0.2) is 25.7 Å². The highest BCUT2D eigenvalue weighted by atomic mass is 16.5. The summed E-state index contributed by atoms with van der Waals surface area (Å²) in [4.78, 5) is 11.4. The third kappa shape index (κ3) is 2.71. The monoisotopic (exact) mass is 199 g/mol. The van der Waals surface area contributed by atoms with Gasteiger partial charge in [0.05, 0.1) is 12.5 Å². The summed E-state index contributed by atoms with van der Waals surface area (Å²) in [5, 5.41) is 3.41. The molecule has 0 amide bonds. The molecule has 1 aliphatic rings. The van der Waals surface area contributed by atoms with Gasteiger partial charge in [-0.2, -0.15) is 0 Å². The third-order valence-corrected chi connectivity index (χ3v) is 2.99. The number of carbonyl (C=O) groups is 1. The zero-order valence-corrected chi connectivity index (χ0v) is 9.59. The lowest BCUT2D eigenvalue weighted by Crippen LogP contribution is -2.38. The molecule has 0 radical (unpaired) electrons. The lowest BCUT2D eigenvalue weighted by atomic mass is 9.94. The Labute approximate surface area is 86.2 Å². The lowest BCUT2D eigenvalue weighted by molar-refractivity contribution is -0.150. The van der Waals surface area contributed by atoms with Gasteiger partial charge in [-0.3, -0.25) is 4.79 Å². The molecule has 1 aliphatic carbocycles. The minimum Gasteiger partial charge on any atom is -0.469 e. The van der Waals surface area contributed by atoms with Gasteiger partial charge in [-0.25, -0.2) is 0 Å². The number of hydrogen-bond acceptors (Lipinski definition) is 3. The van der Waals surface area contributed by atoms with E-state index in [0.717, 1.165) is 5.92 Å². The predicted molar refractivity (Wildman–Crippen MR) is 56.0 cm³/mol. The van der Waals surface area contributed by atoms with Gasteiger partial charge in [-0.05, 0) is 26.2 Å². The fourth-order valence-electron chi connectivity index (χ4n) is 1.68. The fraction of sp³-hybridized carbons (Fsp3) is 0.909. The number of rotatable bonds is 5. The highest BCUT2D eigenvalue weighted by molar-refractivity contribution is 5.76. The molecule has 0 aromatic heterocycles. The van der Waals surface area contributed by atoms with Gasteiger partial charge in [0.15, 0.2) is 0 Å². The summed E-state index contributed by atoms with van der Waals surface area (Å²) >= 11 is 0. The molecule has 82 valence electrons. The van der Waals surface area contributed by atoms with Gasteiger partial charge in [-0.1, -0.05) is 13.3 Å². The van der Waals surface area contributed by atoms with Crippen molar-refractivity contribution < 1.29 is 9.53 Å². The van der Waals surface area contributed by atoms with E-state index in [1.807, 2.05) is 13.8 Å². The molecule has 3 nitrogen and oxygen atoms in total. The Bertz CT molecular complexity index is 213. The zero-order valence-electron chi connectivity index (χ0n) is 9.59. The quantitative estimate of drug-likeness (QED) is 0.683. The largest absolute Gasteiger partial charge is 0.469 e. The first-order valence-electron chi connectivity index (χ1n) is 5.33. The Hall–Kier alpha value is -0.570. The molecule has 0 saturated heterocycles. The fourth-order valence-corrected chi connectivity index (χ4v) is 1.68. The SMILES string of the molecule is CCC1CC1NCC(C)(C)C(=O)OC. The average Bonchev–Trinajstić information content (AvgIpc) is 2.92. The molecule has 0 aromatic rings. The highest BCUT2D eigenvalue weighted by Gasteiger charge is 2.37. The molecule has 3 heteroatoms. The molecule has 0 spiro atoms. The predicted octanol–water partition coefficient (Wildman–Crippen LogP) is 1.57. The first kappa shape index (κ1) is 11.5. The van der Waals surface area contributed by atoms with Crippen molar-refractivity contribution in [3.63, 3.8) is 0 Å². The molecule has 1 rings (SSSR count). The molecule has 2 unspecified atom stereocenters. The Morgan fingerprint density at radius 3 is 2.64 bits per heavy atom. The number of hydrogen-bond donors (Lipinski definition) is 1. The van der Waals surface area contributed by atoms with E-state index in [1.54, 1.807) is 0 Å². The van der Waals surface area contributed by atoms with Crippen molar-refractivity contribution in [1.82, 2.24) is 5.32 Å². The third-order valence-electron chi connectivity index (χ3n) is 2.99. The van der Waals surface area contributed by atoms with Crippen LogP contribution in [0.5, 0.6) is 0 Å². The standard InChI is InChI=1S/C11H21NO2/c1-5-8-6-9(8)12-7-11(2,3)10(13)14-4/h8-9,12H,5-7H2,1-4H3. The first-order chi connectivity index (χ1) is 6.51. The summed E-state index contributed by atoms with van der Waals surface area (Å²) in [7, 11) is 1.44. The smallest absolute Gasteiger partial charge is 0.312 e. The zero-order chi connectivity index (χ0) is 10.8. The van der Waals surface area contributed by atoms with Gasteiger partial charge in [0.2, 0.25) is 0 Å². The summed E-state index contributed by atoms with van der Waals surface area (Å²) in [5.41, 5.74) is -0.407. The molecular formula is C11H21NO2. The maximum atomic E-state index is 11.4. The van der Waals surface area contributed by atoms with E-state index in [4.69, 9.17) is 4.74 Å². The summed E-state index contributed by atoms with van der Waals surface area (Å²) in [6.07, 6.45) is 2.49. The number of ether oxygens (including phenoxy) is 1. The van der Waals surface area contributed by atoms with Gasteiger partial charge in [0.1, 0.15) is 0 Å². The topological polar surface area (TPSA) is 38.3 Å². The molecule has 0 aromatic carbocycles. The second-order valence-corrected chi connectivity index (χ2v) is 4.77. The normalized spacial score (nSPS) is 26.0. The van der Waals surface area contributed by atoms with Gasteiger partial charge in [0, 0.05) is 12.6 Å². The van der Waals surface area contributed by atoms with Crippen molar-refractivity contribution in [2.24, 2.45) is 11.3 Å². The van der Waals surface area contributed by atoms with Crippen LogP contribution in [0.25, 0.3) is 0 Å². The second kappa shape index (κ2) is 4.30. The number of esters is 1. The van der Waals surface area contributed by atoms with Gasteiger partial charge >= 0.3 is 5.97 Å². The van der Waals surface area contributed by atoms with Crippen molar-refractivity contribution in [2.45, 2.75) is 39.7 Å². The van der Waals surface area contributed by atoms with E-state index in [9.17, 15) is 4.79 Å². The Morgan fingerprint density at radius 2 is 2.21 bits per heavy atom. The van der Waals surface area contributed by atoms with Crippen LogP contribution in [0.3, 0.4) is 0 Å². The number of methoxy groups -OCH3 is 1. The van der Waals surface area contributed by atoms with E-state index < -0.39 is 5.41 Å². The molecule has 0 heterocycles. The molecule has 1 fully saturated rings. The van der Waals surface area contributed by atoms with Crippen LogP contribution in [0.1, 0.15) is 33.6 Å². The van der Waals surface area contributed by atoms with Crippen LogP contribution in [0.4, 0.5) is 0 Å². The maximum absolute atomic E-state index is 11.4. The molecule has 2 atom stereocenters. The molecule has 0 bridgehead atoms. The Balaban J connectivity index is 2.26. The summed E-state index contributed by atoms with van der Waals surface area (Å²) in [6.45, 7) is 6.74. The Kier molecular flexibility index (Phi) is 3.53. The maximum Gasteiger partial charge on any atom is 0.312 e. The van der Waals surface area contributed by atoms with Crippen molar-refractivity contribution in [3.8, 4) is 0 Å². The summed E-state index contributed by atoms with van der Waals surface area (Å²) in [5.74, 6) is 0.683. The van der Waals surface area contributed by atoms with E-state index in [2.05, 4.69) is 12.2 Å². The Morgan fingerprint density at radius 1 is 1.57 bits per heavy atom. The molecule has 14 heavy (non-hydrogen) atoms. The van der Waals surface area contributed by atoms with E-state index >= 15 is 0 Å². The molecule has 0 aliphatic heterocycles. The highest BCUT2D eigenvalue weighted by Crippen LogP contribution is 2.33. The minimum atomic E-state index is -0.407. The van der Waals surface area contributed by atoms with Crippen molar-refractivity contribution >= 4 is 5.97 Å². The minimum absolute atomic E-state index is 0.140. The van der Waals surface area contributed by atoms with Crippen LogP contribution < -0.4 is 5.32 Å². The van der Waals surface area contributed by atoms with Crippen LogP contribution in [0, 0.1) is 11.3 Å². The first-order valence-corrected chi connectivity index (χ1v) is 5.33. The van der Waals surface area contributed by atoms with Gasteiger partial charge in [-0.15, -0.1) is 0 Å². The van der Waals surface area contributed by atoms with Crippen molar-refractivity contribution in [1.29, 1.82) is 0 Å². The van der Waals surface area contributed by atoms with Gasteiger partial charge in [0.25, 0.3) is 0 Å². The van der Waals surface area contributed by atoms with E-state index in [-0.39, 0.29) is 5.97 Å². The second-order valence-electron chi connectivity index (χ2n) is 4.77. The molecule has 1 saturated carbocycles. The van der Waals surface area contributed by atoms with E-state index in [0.29, 0.717) is 12.6 Å². The van der Waals surface area contributed by atoms with Gasteiger partial charge < -0.3 is 10.1 Å². The van der Waals surface area contributed by atoms with Crippen molar-refractivity contribution in [2.75, 3.05) is 13.7 Å². The summed E-state index contributed by atoms with van der Waals surface area (Å²) < 4.78 is 4.74.